The fourth-order valence-corrected chi connectivity index (χ4v) is 3.34. The van der Waals surface area contributed by atoms with Crippen molar-refractivity contribution in [1.29, 1.82) is 0 Å². The summed E-state index contributed by atoms with van der Waals surface area (Å²) in [4.78, 5) is 12.2. The standard InChI is InChI=1S/C19H21F2NO5S/c1-26-16-8-5-13(11-17(16)27-19(20)21)9-10-22-18(23)15-6-3-14(4-7-15)12-28(2,24)25/h3-8,11,19H,9-10,12H2,1-2H3,(H,22,23). The number of carbonyl (C=O) groups is 1. The van der Waals surface area contributed by atoms with Gasteiger partial charge in [-0.15, -0.1) is 0 Å². The van der Waals surface area contributed by atoms with Gasteiger partial charge < -0.3 is 14.8 Å². The summed E-state index contributed by atoms with van der Waals surface area (Å²) in [7, 11) is -1.78. The number of rotatable bonds is 9. The molecule has 9 heteroatoms. The van der Waals surface area contributed by atoms with Gasteiger partial charge in [0.25, 0.3) is 5.91 Å². The molecule has 2 rings (SSSR count). The third kappa shape index (κ3) is 6.80. The summed E-state index contributed by atoms with van der Waals surface area (Å²) < 4.78 is 56.9. The maximum atomic E-state index is 12.5. The molecule has 0 heterocycles. The van der Waals surface area contributed by atoms with Gasteiger partial charge in [0.05, 0.1) is 12.9 Å². The summed E-state index contributed by atoms with van der Waals surface area (Å²) in [5.41, 5.74) is 1.69. The minimum atomic E-state index is -3.14. The quantitative estimate of drug-likeness (QED) is 0.684. The number of hydrogen-bond acceptors (Lipinski definition) is 5. The number of ether oxygens (including phenoxy) is 2. The summed E-state index contributed by atoms with van der Waals surface area (Å²) in [6, 6.07) is 11.0. The molecule has 2 aromatic rings. The molecule has 0 aromatic heterocycles. The van der Waals surface area contributed by atoms with Crippen molar-refractivity contribution in [2.75, 3.05) is 19.9 Å². The minimum absolute atomic E-state index is 0.0669. The van der Waals surface area contributed by atoms with Gasteiger partial charge >= 0.3 is 6.61 Å². The highest BCUT2D eigenvalue weighted by molar-refractivity contribution is 7.89. The van der Waals surface area contributed by atoms with E-state index in [-0.39, 0.29) is 29.7 Å². The van der Waals surface area contributed by atoms with Crippen molar-refractivity contribution >= 4 is 15.7 Å². The molecule has 0 aliphatic carbocycles. The van der Waals surface area contributed by atoms with Gasteiger partial charge in [0.1, 0.15) is 0 Å². The molecule has 0 spiro atoms. The Morgan fingerprint density at radius 1 is 1.07 bits per heavy atom. The van der Waals surface area contributed by atoms with E-state index in [1.54, 1.807) is 30.3 Å². The van der Waals surface area contributed by atoms with Crippen LogP contribution in [0.1, 0.15) is 21.5 Å². The van der Waals surface area contributed by atoms with Gasteiger partial charge in [-0.2, -0.15) is 8.78 Å². The average molecular weight is 413 g/mol. The van der Waals surface area contributed by atoms with Gasteiger partial charge in [-0.1, -0.05) is 18.2 Å². The minimum Gasteiger partial charge on any atom is -0.493 e. The first-order chi connectivity index (χ1) is 13.2. The van der Waals surface area contributed by atoms with Gasteiger partial charge in [0.15, 0.2) is 21.3 Å². The number of benzene rings is 2. The first kappa shape index (κ1) is 21.6. The SMILES string of the molecule is COc1ccc(CCNC(=O)c2ccc(CS(C)(=O)=O)cc2)cc1OC(F)F. The summed E-state index contributed by atoms with van der Waals surface area (Å²) in [5, 5.41) is 2.73. The van der Waals surface area contributed by atoms with Gasteiger partial charge in [-0.3, -0.25) is 4.79 Å². The highest BCUT2D eigenvalue weighted by Crippen LogP contribution is 2.29. The van der Waals surface area contributed by atoms with Gasteiger partial charge in [0.2, 0.25) is 0 Å². The van der Waals surface area contributed by atoms with Crippen LogP contribution >= 0.6 is 0 Å². The van der Waals surface area contributed by atoms with E-state index in [0.29, 0.717) is 23.1 Å². The molecule has 0 saturated carbocycles. The fraction of sp³-hybridized carbons (Fsp3) is 0.316. The van der Waals surface area contributed by atoms with Crippen LogP contribution < -0.4 is 14.8 Å². The molecule has 0 unspecified atom stereocenters. The van der Waals surface area contributed by atoms with Crippen LogP contribution in [-0.4, -0.2) is 40.8 Å². The Morgan fingerprint density at radius 2 is 1.71 bits per heavy atom. The first-order valence-electron chi connectivity index (χ1n) is 8.34. The zero-order valence-corrected chi connectivity index (χ0v) is 16.3. The summed E-state index contributed by atoms with van der Waals surface area (Å²) in [6.07, 6.45) is 1.55. The molecule has 152 valence electrons. The second-order valence-electron chi connectivity index (χ2n) is 6.14. The predicted octanol–water partition coefficient (Wildman–Crippen LogP) is 2.81. The van der Waals surface area contributed by atoms with Crippen molar-refractivity contribution in [2.24, 2.45) is 0 Å². The maximum absolute atomic E-state index is 12.5. The summed E-state index contributed by atoms with van der Waals surface area (Å²) in [5.74, 6) is -0.274. The fourth-order valence-electron chi connectivity index (χ4n) is 2.54. The Kier molecular flexibility index (Phi) is 7.33. The molecule has 0 fully saturated rings. The average Bonchev–Trinajstić information content (AvgIpc) is 2.60. The highest BCUT2D eigenvalue weighted by atomic mass is 32.2. The van der Waals surface area contributed by atoms with E-state index in [0.717, 1.165) is 6.26 Å². The lowest BCUT2D eigenvalue weighted by Crippen LogP contribution is -2.25. The van der Waals surface area contributed by atoms with Crippen molar-refractivity contribution in [3.8, 4) is 11.5 Å². The van der Waals surface area contributed by atoms with Crippen LogP contribution in [0, 0.1) is 0 Å². The van der Waals surface area contributed by atoms with Crippen LogP contribution in [0.3, 0.4) is 0 Å². The normalized spacial score (nSPS) is 11.3. The lowest BCUT2D eigenvalue weighted by Gasteiger charge is -2.12. The third-order valence-electron chi connectivity index (χ3n) is 3.79. The Morgan fingerprint density at radius 3 is 2.29 bits per heavy atom. The van der Waals surface area contributed by atoms with E-state index in [2.05, 4.69) is 10.1 Å². The molecule has 1 amide bonds. The van der Waals surface area contributed by atoms with E-state index in [4.69, 9.17) is 4.74 Å². The molecule has 0 aliphatic rings. The van der Waals surface area contributed by atoms with Crippen LogP contribution in [0.25, 0.3) is 0 Å². The summed E-state index contributed by atoms with van der Waals surface area (Å²) in [6.45, 7) is -2.68. The number of halogens is 2. The van der Waals surface area contributed by atoms with E-state index < -0.39 is 16.4 Å². The van der Waals surface area contributed by atoms with E-state index in [1.165, 1.54) is 19.2 Å². The molecule has 0 aliphatic heterocycles. The summed E-state index contributed by atoms with van der Waals surface area (Å²) >= 11 is 0. The molecule has 0 radical (unpaired) electrons. The Hall–Kier alpha value is -2.68. The number of sulfone groups is 1. The zero-order chi connectivity index (χ0) is 20.7. The molecule has 2 aromatic carbocycles. The molecule has 0 bridgehead atoms. The van der Waals surface area contributed by atoms with Crippen molar-refractivity contribution < 1.29 is 31.5 Å². The molecule has 6 nitrogen and oxygen atoms in total. The lowest BCUT2D eigenvalue weighted by atomic mass is 10.1. The number of alkyl halides is 2. The number of nitrogens with one attached hydrogen (secondary N) is 1. The number of hydrogen-bond donors (Lipinski definition) is 1. The maximum Gasteiger partial charge on any atom is 0.387 e. The lowest BCUT2D eigenvalue weighted by molar-refractivity contribution is -0.0512. The van der Waals surface area contributed by atoms with Gasteiger partial charge in [-0.25, -0.2) is 8.42 Å². The van der Waals surface area contributed by atoms with Gasteiger partial charge in [0, 0.05) is 18.4 Å². The number of carbonyl (C=O) groups excluding carboxylic acids is 1. The molecular formula is C19H21F2NO5S. The first-order valence-corrected chi connectivity index (χ1v) is 10.4. The third-order valence-corrected chi connectivity index (χ3v) is 4.65. The van der Waals surface area contributed by atoms with Crippen molar-refractivity contribution in [3.63, 3.8) is 0 Å². The molecule has 0 saturated heterocycles. The van der Waals surface area contributed by atoms with Crippen LogP contribution in [0.2, 0.25) is 0 Å². The monoisotopic (exact) mass is 413 g/mol. The van der Waals surface area contributed by atoms with Crippen LogP contribution in [0.4, 0.5) is 8.78 Å². The molecular weight excluding hydrogens is 392 g/mol. The van der Waals surface area contributed by atoms with Crippen molar-refractivity contribution in [3.05, 3.63) is 59.2 Å². The van der Waals surface area contributed by atoms with E-state index in [1.807, 2.05) is 0 Å². The second kappa shape index (κ2) is 9.50. The molecule has 1 N–H and O–H groups in total. The highest BCUT2D eigenvalue weighted by Gasteiger charge is 2.12. The predicted molar refractivity (Wildman–Crippen MR) is 101 cm³/mol. The second-order valence-corrected chi connectivity index (χ2v) is 8.28. The van der Waals surface area contributed by atoms with Crippen molar-refractivity contribution in [2.45, 2.75) is 18.8 Å². The van der Waals surface area contributed by atoms with Gasteiger partial charge in [-0.05, 0) is 41.8 Å². The Balaban J connectivity index is 1.93. The zero-order valence-electron chi connectivity index (χ0n) is 15.4. The Labute approximate surface area is 162 Å². The van der Waals surface area contributed by atoms with Crippen LogP contribution in [0.15, 0.2) is 42.5 Å². The largest absolute Gasteiger partial charge is 0.493 e. The van der Waals surface area contributed by atoms with E-state index >= 15 is 0 Å². The van der Waals surface area contributed by atoms with E-state index in [9.17, 15) is 22.0 Å². The van der Waals surface area contributed by atoms with Crippen LogP contribution in [-0.2, 0) is 22.0 Å². The number of amides is 1. The van der Waals surface area contributed by atoms with Crippen LogP contribution in [0.5, 0.6) is 11.5 Å². The number of methoxy groups -OCH3 is 1. The topological polar surface area (TPSA) is 81.7 Å². The van der Waals surface area contributed by atoms with Crippen molar-refractivity contribution in [1.82, 2.24) is 5.32 Å². The molecule has 0 atom stereocenters. The Bertz CT molecular complexity index is 914. The smallest absolute Gasteiger partial charge is 0.387 e. The molecule has 28 heavy (non-hydrogen) atoms.